The van der Waals surface area contributed by atoms with Gasteiger partial charge in [0, 0.05) is 51.6 Å². The van der Waals surface area contributed by atoms with Crippen molar-refractivity contribution in [2.75, 3.05) is 32.7 Å². The van der Waals surface area contributed by atoms with Gasteiger partial charge in [-0.3, -0.25) is 14.5 Å². The Kier molecular flexibility index (Phi) is 7.75. The topological polar surface area (TPSA) is 52.7 Å². The molecule has 0 bridgehead atoms. The van der Waals surface area contributed by atoms with E-state index < -0.39 is 11.7 Å². The molecule has 1 aromatic rings. The van der Waals surface area contributed by atoms with Crippen molar-refractivity contribution in [3.05, 3.63) is 35.4 Å². The third kappa shape index (κ3) is 6.45. The number of amides is 2. The molecule has 1 saturated carbocycles. The monoisotopic (exact) mass is 425 g/mol. The lowest BCUT2D eigenvalue weighted by Crippen LogP contribution is -2.48. The predicted octanol–water partition coefficient (Wildman–Crippen LogP) is 3.44. The first kappa shape index (κ1) is 22.6. The molecular formula is C22H30F3N3O2. The maximum Gasteiger partial charge on any atom is 0.416 e. The molecule has 0 unspecified atom stereocenters. The van der Waals surface area contributed by atoms with E-state index in [1.54, 1.807) is 11.0 Å². The van der Waals surface area contributed by atoms with Crippen LogP contribution in [0.15, 0.2) is 24.3 Å². The summed E-state index contributed by atoms with van der Waals surface area (Å²) < 4.78 is 38.6. The molecule has 1 N–H and O–H groups in total. The standard InChI is InChI=1S/C22H30F3N3O2/c23-22(24,25)19-8-4-5-17(15-19)16-27-11-13-28(14-12-27)20(29)9-10-26-21(30)18-6-2-1-3-7-18/h4-5,8,15,18H,1-3,6-7,9-14,16H2,(H,26,30). The first-order chi connectivity index (χ1) is 14.3. The summed E-state index contributed by atoms with van der Waals surface area (Å²) in [5.41, 5.74) is -0.0147. The molecule has 1 aliphatic heterocycles. The molecule has 0 aromatic heterocycles. The van der Waals surface area contributed by atoms with Crippen LogP contribution >= 0.6 is 0 Å². The summed E-state index contributed by atoms with van der Waals surface area (Å²) in [5, 5.41) is 2.89. The van der Waals surface area contributed by atoms with Gasteiger partial charge in [-0.1, -0.05) is 37.5 Å². The number of halogens is 3. The van der Waals surface area contributed by atoms with Gasteiger partial charge in [-0.05, 0) is 24.5 Å². The fourth-order valence-corrected chi connectivity index (χ4v) is 4.22. The van der Waals surface area contributed by atoms with Crippen molar-refractivity contribution in [1.82, 2.24) is 15.1 Å². The lowest BCUT2D eigenvalue weighted by Gasteiger charge is -2.35. The van der Waals surface area contributed by atoms with Gasteiger partial charge in [0.25, 0.3) is 0 Å². The zero-order chi connectivity index (χ0) is 21.6. The van der Waals surface area contributed by atoms with E-state index in [4.69, 9.17) is 0 Å². The van der Waals surface area contributed by atoms with Gasteiger partial charge in [0.15, 0.2) is 0 Å². The minimum absolute atomic E-state index is 0.0117. The molecule has 2 fully saturated rings. The molecule has 1 aromatic carbocycles. The van der Waals surface area contributed by atoms with Crippen LogP contribution in [0, 0.1) is 5.92 Å². The van der Waals surface area contributed by atoms with Crippen molar-refractivity contribution in [3.8, 4) is 0 Å². The van der Waals surface area contributed by atoms with E-state index >= 15 is 0 Å². The summed E-state index contributed by atoms with van der Waals surface area (Å²) in [7, 11) is 0. The van der Waals surface area contributed by atoms with Gasteiger partial charge in [0.05, 0.1) is 5.56 Å². The van der Waals surface area contributed by atoms with Crippen LogP contribution in [-0.4, -0.2) is 54.3 Å². The smallest absolute Gasteiger partial charge is 0.355 e. The molecule has 1 aliphatic carbocycles. The van der Waals surface area contributed by atoms with E-state index in [0.29, 0.717) is 44.8 Å². The highest BCUT2D eigenvalue weighted by atomic mass is 19.4. The molecule has 8 heteroatoms. The van der Waals surface area contributed by atoms with Crippen LogP contribution < -0.4 is 5.32 Å². The summed E-state index contributed by atoms with van der Waals surface area (Å²) >= 11 is 0. The molecule has 0 radical (unpaired) electrons. The SMILES string of the molecule is O=C(NCCC(=O)N1CCN(Cc2cccc(C(F)(F)F)c2)CC1)C1CCCCC1. The highest BCUT2D eigenvalue weighted by Crippen LogP contribution is 2.29. The molecule has 0 atom stereocenters. The van der Waals surface area contributed by atoms with Crippen LogP contribution in [-0.2, 0) is 22.3 Å². The number of carbonyl (C=O) groups excluding carboxylic acids is 2. The van der Waals surface area contributed by atoms with E-state index in [0.717, 1.165) is 31.7 Å². The molecule has 5 nitrogen and oxygen atoms in total. The van der Waals surface area contributed by atoms with Crippen LogP contribution in [0.4, 0.5) is 13.2 Å². The summed E-state index contributed by atoms with van der Waals surface area (Å²) in [5.74, 6) is 0.166. The van der Waals surface area contributed by atoms with Gasteiger partial charge in [-0.25, -0.2) is 0 Å². The summed E-state index contributed by atoms with van der Waals surface area (Å²) in [6.45, 7) is 3.14. The van der Waals surface area contributed by atoms with E-state index in [-0.39, 0.29) is 24.2 Å². The molecule has 1 heterocycles. The highest BCUT2D eigenvalue weighted by Gasteiger charge is 2.30. The van der Waals surface area contributed by atoms with Crippen molar-refractivity contribution in [3.63, 3.8) is 0 Å². The maximum absolute atomic E-state index is 12.9. The van der Waals surface area contributed by atoms with E-state index in [1.165, 1.54) is 18.6 Å². The second-order valence-electron chi connectivity index (χ2n) is 8.23. The van der Waals surface area contributed by atoms with Crippen molar-refractivity contribution in [1.29, 1.82) is 0 Å². The molecule has 1 saturated heterocycles. The molecule has 30 heavy (non-hydrogen) atoms. The maximum atomic E-state index is 12.9. The van der Waals surface area contributed by atoms with E-state index in [1.807, 2.05) is 0 Å². The zero-order valence-corrected chi connectivity index (χ0v) is 17.2. The lowest BCUT2D eigenvalue weighted by molar-refractivity contribution is -0.138. The number of piperazine rings is 1. The molecular weight excluding hydrogens is 395 g/mol. The predicted molar refractivity (Wildman–Crippen MR) is 108 cm³/mol. The van der Waals surface area contributed by atoms with Gasteiger partial charge in [-0.2, -0.15) is 13.2 Å². The van der Waals surface area contributed by atoms with Gasteiger partial charge in [0.1, 0.15) is 0 Å². The molecule has 166 valence electrons. The second kappa shape index (κ2) is 10.3. The average molecular weight is 425 g/mol. The number of rotatable bonds is 6. The number of carbonyl (C=O) groups is 2. The Labute approximate surface area is 175 Å². The third-order valence-electron chi connectivity index (χ3n) is 6.00. The van der Waals surface area contributed by atoms with Crippen molar-refractivity contribution < 1.29 is 22.8 Å². The lowest BCUT2D eigenvalue weighted by atomic mass is 9.89. The Morgan fingerprint density at radius 2 is 1.73 bits per heavy atom. The molecule has 2 aliphatic rings. The Morgan fingerprint density at radius 1 is 1.03 bits per heavy atom. The number of benzene rings is 1. The fraction of sp³-hybridized carbons (Fsp3) is 0.636. The summed E-state index contributed by atoms with van der Waals surface area (Å²) in [6.07, 6.45) is 1.21. The number of hydrogen-bond acceptors (Lipinski definition) is 3. The number of hydrogen-bond donors (Lipinski definition) is 1. The zero-order valence-electron chi connectivity index (χ0n) is 17.2. The van der Waals surface area contributed by atoms with E-state index in [2.05, 4.69) is 10.2 Å². The Balaban J connectivity index is 1.37. The van der Waals surface area contributed by atoms with Gasteiger partial charge >= 0.3 is 6.18 Å². The largest absolute Gasteiger partial charge is 0.416 e. The van der Waals surface area contributed by atoms with Gasteiger partial charge in [-0.15, -0.1) is 0 Å². The normalized spacial score (nSPS) is 19.0. The minimum atomic E-state index is -4.34. The Hall–Kier alpha value is -2.09. The van der Waals surface area contributed by atoms with Gasteiger partial charge < -0.3 is 10.2 Å². The molecule has 3 rings (SSSR count). The van der Waals surface area contributed by atoms with Crippen LogP contribution in [0.5, 0.6) is 0 Å². The second-order valence-corrected chi connectivity index (χ2v) is 8.23. The van der Waals surface area contributed by atoms with Gasteiger partial charge in [0.2, 0.25) is 11.8 Å². The quantitative estimate of drug-likeness (QED) is 0.760. The van der Waals surface area contributed by atoms with E-state index in [9.17, 15) is 22.8 Å². The number of nitrogens with one attached hydrogen (secondary N) is 1. The minimum Gasteiger partial charge on any atom is -0.355 e. The average Bonchev–Trinajstić information content (AvgIpc) is 2.74. The Morgan fingerprint density at radius 3 is 2.40 bits per heavy atom. The summed E-state index contributed by atoms with van der Waals surface area (Å²) in [6, 6.07) is 5.39. The first-order valence-corrected chi connectivity index (χ1v) is 10.8. The molecule has 0 spiro atoms. The number of nitrogens with zero attached hydrogens (tertiary/aromatic N) is 2. The third-order valence-corrected chi connectivity index (χ3v) is 6.00. The van der Waals surface area contributed by atoms with Crippen LogP contribution in [0.3, 0.4) is 0 Å². The van der Waals surface area contributed by atoms with Crippen LogP contribution in [0.2, 0.25) is 0 Å². The van der Waals surface area contributed by atoms with Crippen LogP contribution in [0.25, 0.3) is 0 Å². The Bertz CT molecular complexity index is 725. The van der Waals surface area contributed by atoms with Crippen molar-refractivity contribution >= 4 is 11.8 Å². The summed E-state index contributed by atoms with van der Waals surface area (Å²) in [4.78, 5) is 28.4. The van der Waals surface area contributed by atoms with Crippen molar-refractivity contribution in [2.24, 2.45) is 5.92 Å². The number of alkyl halides is 3. The highest BCUT2D eigenvalue weighted by molar-refractivity contribution is 5.80. The fourth-order valence-electron chi connectivity index (χ4n) is 4.22. The van der Waals surface area contributed by atoms with Crippen LogP contribution in [0.1, 0.15) is 49.7 Å². The molecule has 2 amide bonds. The first-order valence-electron chi connectivity index (χ1n) is 10.8. The van der Waals surface area contributed by atoms with Crippen molar-refractivity contribution in [2.45, 2.75) is 51.2 Å².